The number of imidazole rings is 1. The fourth-order valence-electron chi connectivity index (χ4n) is 4.73. The van der Waals surface area contributed by atoms with E-state index in [4.69, 9.17) is 16.3 Å². The highest BCUT2D eigenvalue weighted by Crippen LogP contribution is 2.25. The standard InChI is InChI=1S/C26H30ClN7O3/c1-18-4-6-19(7-5-18)15-29-24(35)13-20-16-32(10-11-34(20)25(36)21-3-2-12-37-21)23-14-22(27)30-26(31-23)33-9-8-28-17-33/h4-9,14,17,20-21H,2-3,10-13,15-16H2,1H3,(H,29,35). The molecule has 194 valence electrons. The number of piperazine rings is 1. The molecule has 0 bridgehead atoms. The maximum Gasteiger partial charge on any atom is 0.252 e. The number of hydrogen-bond acceptors (Lipinski definition) is 7. The summed E-state index contributed by atoms with van der Waals surface area (Å²) >= 11 is 6.32. The lowest BCUT2D eigenvalue weighted by molar-refractivity contribution is -0.144. The summed E-state index contributed by atoms with van der Waals surface area (Å²) in [6, 6.07) is 9.41. The molecule has 0 saturated carbocycles. The van der Waals surface area contributed by atoms with Gasteiger partial charge in [-0.3, -0.25) is 14.2 Å². The number of anilines is 1. The number of carbonyl (C=O) groups is 2. The summed E-state index contributed by atoms with van der Waals surface area (Å²) in [4.78, 5) is 43.2. The van der Waals surface area contributed by atoms with Crippen molar-refractivity contribution in [1.82, 2.24) is 29.7 Å². The van der Waals surface area contributed by atoms with Gasteiger partial charge >= 0.3 is 0 Å². The number of rotatable bonds is 7. The van der Waals surface area contributed by atoms with E-state index in [1.54, 1.807) is 34.3 Å². The zero-order chi connectivity index (χ0) is 25.8. The first-order valence-electron chi connectivity index (χ1n) is 12.5. The predicted octanol–water partition coefficient (Wildman–Crippen LogP) is 2.53. The van der Waals surface area contributed by atoms with Gasteiger partial charge in [-0.2, -0.15) is 4.98 Å². The molecule has 3 aromatic rings. The summed E-state index contributed by atoms with van der Waals surface area (Å²) in [6.07, 6.45) is 6.31. The number of aromatic nitrogens is 4. The molecule has 2 saturated heterocycles. The number of carbonyl (C=O) groups excluding carboxylic acids is 2. The number of nitrogens with one attached hydrogen (secondary N) is 1. The van der Waals surface area contributed by atoms with Crippen molar-refractivity contribution in [3.05, 3.63) is 65.3 Å². The van der Waals surface area contributed by atoms with Gasteiger partial charge in [-0.15, -0.1) is 0 Å². The highest BCUT2D eigenvalue weighted by molar-refractivity contribution is 6.29. The Bertz CT molecular complexity index is 1230. The van der Waals surface area contributed by atoms with Crippen LogP contribution >= 0.6 is 11.6 Å². The van der Waals surface area contributed by atoms with Gasteiger partial charge in [0.25, 0.3) is 5.91 Å². The molecule has 10 nitrogen and oxygen atoms in total. The molecule has 2 aromatic heterocycles. The normalized spacial score (nSPS) is 19.7. The third-order valence-corrected chi connectivity index (χ3v) is 6.92. The van der Waals surface area contributed by atoms with Crippen LogP contribution in [0.2, 0.25) is 5.15 Å². The van der Waals surface area contributed by atoms with Gasteiger partial charge in [0.1, 0.15) is 23.4 Å². The van der Waals surface area contributed by atoms with Crippen LogP contribution in [0.3, 0.4) is 0 Å². The largest absolute Gasteiger partial charge is 0.368 e. The minimum atomic E-state index is -0.439. The summed E-state index contributed by atoms with van der Waals surface area (Å²) < 4.78 is 7.35. The Morgan fingerprint density at radius 3 is 2.76 bits per heavy atom. The van der Waals surface area contributed by atoms with Crippen molar-refractivity contribution in [1.29, 1.82) is 0 Å². The van der Waals surface area contributed by atoms with Gasteiger partial charge in [-0.1, -0.05) is 41.4 Å². The van der Waals surface area contributed by atoms with Crippen molar-refractivity contribution < 1.29 is 14.3 Å². The molecule has 2 aliphatic heterocycles. The molecule has 37 heavy (non-hydrogen) atoms. The Morgan fingerprint density at radius 1 is 1.19 bits per heavy atom. The van der Waals surface area contributed by atoms with Crippen LogP contribution in [0, 0.1) is 6.92 Å². The van der Waals surface area contributed by atoms with Crippen molar-refractivity contribution in [2.24, 2.45) is 0 Å². The number of nitrogens with zero attached hydrogens (tertiary/aromatic N) is 6. The third-order valence-electron chi connectivity index (χ3n) is 6.73. The van der Waals surface area contributed by atoms with Crippen LogP contribution in [0.5, 0.6) is 0 Å². The number of halogens is 1. The molecule has 0 spiro atoms. The van der Waals surface area contributed by atoms with E-state index in [-0.39, 0.29) is 24.3 Å². The van der Waals surface area contributed by atoms with Gasteiger partial charge in [-0.25, -0.2) is 9.97 Å². The topological polar surface area (TPSA) is 105 Å². The second-order valence-corrected chi connectivity index (χ2v) is 9.81. The van der Waals surface area contributed by atoms with E-state index in [9.17, 15) is 9.59 Å². The van der Waals surface area contributed by atoms with Crippen molar-refractivity contribution in [3.63, 3.8) is 0 Å². The SMILES string of the molecule is Cc1ccc(CNC(=O)CC2CN(c3cc(Cl)nc(-n4ccnc4)n3)CCN2C(=O)C2CCCO2)cc1. The summed E-state index contributed by atoms with van der Waals surface area (Å²) in [5.41, 5.74) is 2.20. The Balaban J connectivity index is 1.32. The van der Waals surface area contributed by atoms with Gasteiger partial charge in [0.2, 0.25) is 11.9 Å². The first-order chi connectivity index (χ1) is 18.0. The zero-order valence-corrected chi connectivity index (χ0v) is 21.5. The van der Waals surface area contributed by atoms with E-state index < -0.39 is 6.10 Å². The van der Waals surface area contributed by atoms with Crippen LogP contribution in [-0.2, 0) is 20.9 Å². The zero-order valence-electron chi connectivity index (χ0n) is 20.7. The third kappa shape index (κ3) is 6.08. The molecule has 2 atom stereocenters. The van der Waals surface area contributed by atoms with Crippen molar-refractivity contribution in [3.8, 4) is 5.95 Å². The summed E-state index contributed by atoms with van der Waals surface area (Å²) in [5, 5.41) is 3.31. The molecule has 1 aromatic carbocycles. The highest BCUT2D eigenvalue weighted by Gasteiger charge is 2.37. The Kier molecular flexibility index (Phi) is 7.66. The quantitative estimate of drug-likeness (QED) is 0.474. The maximum absolute atomic E-state index is 13.3. The lowest BCUT2D eigenvalue weighted by atomic mass is 10.1. The van der Waals surface area contributed by atoms with E-state index in [1.165, 1.54) is 5.56 Å². The first-order valence-corrected chi connectivity index (χ1v) is 12.9. The Hall–Kier alpha value is -3.50. The highest BCUT2D eigenvalue weighted by atomic mass is 35.5. The van der Waals surface area contributed by atoms with Crippen LogP contribution < -0.4 is 10.2 Å². The molecule has 2 amide bonds. The van der Waals surface area contributed by atoms with E-state index in [0.717, 1.165) is 12.0 Å². The second-order valence-electron chi connectivity index (χ2n) is 9.42. The number of ether oxygens (including phenoxy) is 1. The fraction of sp³-hybridized carbons (Fsp3) is 0.423. The summed E-state index contributed by atoms with van der Waals surface area (Å²) in [7, 11) is 0. The van der Waals surface area contributed by atoms with E-state index in [2.05, 4.69) is 20.3 Å². The summed E-state index contributed by atoms with van der Waals surface area (Å²) in [5.74, 6) is 0.883. The van der Waals surface area contributed by atoms with Crippen molar-refractivity contribution >= 4 is 29.2 Å². The second kappa shape index (κ2) is 11.3. The monoisotopic (exact) mass is 523 g/mol. The summed E-state index contributed by atoms with van der Waals surface area (Å²) in [6.45, 7) is 4.50. The van der Waals surface area contributed by atoms with E-state index >= 15 is 0 Å². The smallest absolute Gasteiger partial charge is 0.252 e. The molecule has 2 unspecified atom stereocenters. The van der Waals surface area contributed by atoms with Gasteiger partial charge in [0.15, 0.2) is 0 Å². The molecule has 5 rings (SSSR count). The van der Waals surface area contributed by atoms with E-state index in [1.807, 2.05) is 36.1 Å². The van der Waals surface area contributed by atoms with Crippen LogP contribution in [0.1, 0.15) is 30.4 Å². The van der Waals surface area contributed by atoms with Gasteiger partial charge in [0, 0.05) is 57.7 Å². The average Bonchev–Trinajstić information content (AvgIpc) is 3.63. The molecule has 2 aliphatic rings. The van der Waals surface area contributed by atoms with Crippen LogP contribution in [-0.4, -0.2) is 74.6 Å². The lowest BCUT2D eigenvalue weighted by Crippen LogP contribution is -2.58. The molecular weight excluding hydrogens is 494 g/mol. The lowest BCUT2D eigenvalue weighted by Gasteiger charge is -2.42. The molecule has 2 fully saturated rings. The number of benzene rings is 1. The Labute approximate surface area is 220 Å². The molecule has 11 heteroatoms. The molecule has 0 radical (unpaired) electrons. The Morgan fingerprint density at radius 2 is 2.03 bits per heavy atom. The minimum absolute atomic E-state index is 0.0479. The van der Waals surface area contributed by atoms with Gasteiger partial charge < -0.3 is 19.9 Å². The molecule has 1 N–H and O–H groups in total. The van der Waals surface area contributed by atoms with Crippen LogP contribution in [0.4, 0.5) is 5.82 Å². The minimum Gasteiger partial charge on any atom is -0.368 e. The number of hydrogen-bond donors (Lipinski definition) is 1. The predicted molar refractivity (Wildman–Crippen MR) is 138 cm³/mol. The average molecular weight is 524 g/mol. The van der Waals surface area contributed by atoms with Crippen molar-refractivity contribution in [2.75, 3.05) is 31.1 Å². The maximum atomic E-state index is 13.3. The van der Waals surface area contributed by atoms with Crippen LogP contribution in [0.25, 0.3) is 5.95 Å². The number of amides is 2. The molecule has 0 aliphatic carbocycles. The van der Waals surface area contributed by atoms with Crippen LogP contribution in [0.15, 0.2) is 49.1 Å². The van der Waals surface area contributed by atoms with Gasteiger partial charge in [0.05, 0.1) is 6.04 Å². The fourth-order valence-corrected chi connectivity index (χ4v) is 4.90. The molecule has 4 heterocycles. The van der Waals surface area contributed by atoms with E-state index in [0.29, 0.717) is 56.1 Å². The molecular formula is C26H30ClN7O3. The first kappa shape index (κ1) is 25.2. The number of aryl methyl sites for hydroxylation is 1. The van der Waals surface area contributed by atoms with Gasteiger partial charge in [-0.05, 0) is 25.3 Å². The van der Waals surface area contributed by atoms with Crippen molar-refractivity contribution in [2.45, 2.75) is 44.9 Å².